The largest absolute Gasteiger partial charge is 0.462 e. The van der Waals surface area contributed by atoms with Gasteiger partial charge >= 0.3 is 5.97 Å². The summed E-state index contributed by atoms with van der Waals surface area (Å²) in [5, 5.41) is 4.39. The molecule has 30 heavy (non-hydrogen) atoms. The van der Waals surface area contributed by atoms with E-state index in [9.17, 15) is 14.4 Å². The fraction of sp³-hybridized carbons (Fsp3) is 0.450. The maximum Gasteiger partial charge on any atom is 0.341 e. The van der Waals surface area contributed by atoms with Gasteiger partial charge in [-0.2, -0.15) is 4.99 Å². The van der Waals surface area contributed by atoms with E-state index in [4.69, 9.17) is 4.74 Å². The van der Waals surface area contributed by atoms with E-state index in [1.807, 2.05) is 13.8 Å². The molecule has 158 valence electrons. The van der Waals surface area contributed by atoms with Crippen LogP contribution in [0.5, 0.6) is 0 Å². The number of aliphatic imine (C=N–C) groups is 2. The molecule has 1 atom stereocenters. The summed E-state index contributed by atoms with van der Waals surface area (Å²) < 4.78 is 5.11. The van der Waals surface area contributed by atoms with Gasteiger partial charge in [-0.1, -0.05) is 23.5 Å². The van der Waals surface area contributed by atoms with E-state index in [0.29, 0.717) is 15.7 Å². The number of nitrogens with zero attached hydrogens (tertiary/aromatic N) is 2. The van der Waals surface area contributed by atoms with Crippen molar-refractivity contribution in [3.05, 3.63) is 26.5 Å². The summed E-state index contributed by atoms with van der Waals surface area (Å²) in [6, 6.07) is 0. The second kappa shape index (κ2) is 8.68. The zero-order valence-corrected chi connectivity index (χ0v) is 19.3. The molecule has 3 aliphatic rings. The zero-order valence-electron chi connectivity index (χ0n) is 16.9. The number of carbonyl (C=O) groups is 3. The van der Waals surface area contributed by atoms with E-state index < -0.39 is 5.97 Å². The van der Waals surface area contributed by atoms with Crippen LogP contribution in [0, 0.1) is 19.8 Å². The molecule has 1 aliphatic carbocycles. The summed E-state index contributed by atoms with van der Waals surface area (Å²) >= 11 is 4.06. The number of nitrogens with one attached hydrogen (secondary N) is 1. The second-order valence-corrected chi connectivity index (χ2v) is 10.3. The molecule has 0 fully saturated rings. The summed E-state index contributed by atoms with van der Waals surface area (Å²) in [5.74, 6) is -1.17. The lowest BCUT2D eigenvalue weighted by Gasteiger charge is -2.15. The molecule has 4 rings (SSSR count). The molecule has 7 nitrogen and oxygen atoms in total. The van der Waals surface area contributed by atoms with Gasteiger partial charge in [-0.05, 0) is 56.1 Å². The Labute approximate surface area is 186 Å². The van der Waals surface area contributed by atoms with Crippen molar-refractivity contribution < 1.29 is 19.1 Å². The summed E-state index contributed by atoms with van der Waals surface area (Å²) in [5.41, 5.74) is 2.39. The van der Waals surface area contributed by atoms with Crippen LogP contribution in [-0.2, 0) is 14.3 Å². The highest BCUT2D eigenvalue weighted by Crippen LogP contribution is 2.49. The van der Waals surface area contributed by atoms with Crippen molar-refractivity contribution in [2.75, 3.05) is 17.7 Å². The Bertz CT molecular complexity index is 1040. The average Bonchev–Trinajstić information content (AvgIpc) is 3.34. The highest BCUT2D eigenvalue weighted by atomic mass is 32.2. The van der Waals surface area contributed by atoms with Crippen LogP contribution in [0.25, 0.3) is 0 Å². The Kier molecular flexibility index (Phi) is 6.17. The molecule has 1 N–H and O–H groups in total. The number of aryl methyl sites for hydroxylation is 1. The van der Waals surface area contributed by atoms with Crippen LogP contribution in [0.3, 0.4) is 0 Å². The summed E-state index contributed by atoms with van der Waals surface area (Å²) in [7, 11) is 0. The van der Waals surface area contributed by atoms with Gasteiger partial charge in [0.25, 0.3) is 5.91 Å². The topological polar surface area (TPSA) is 97.2 Å². The van der Waals surface area contributed by atoms with Crippen molar-refractivity contribution in [2.24, 2.45) is 15.9 Å². The minimum atomic E-state index is -0.444. The Hall–Kier alpha value is -1.91. The molecule has 0 radical (unpaired) electrons. The first-order valence-corrected chi connectivity index (χ1v) is 12.3. The fourth-order valence-electron chi connectivity index (χ4n) is 3.64. The van der Waals surface area contributed by atoms with Crippen LogP contribution < -0.4 is 5.32 Å². The first-order chi connectivity index (χ1) is 14.4. The number of allylic oxidation sites excluding steroid dienone is 1. The zero-order chi connectivity index (χ0) is 21.4. The number of esters is 1. The van der Waals surface area contributed by atoms with Crippen molar-refractivity contribution in [2.45, 2.75) is 40.0 Å². The van der Waals surface area contributed by atoms with E-state index >= 15 is 0 Å². The third kappa shape index (κ3) is 4.00. The monoisotopic (exact) mass is 463 g/mol. The van der Waals surface area contributed by atoms with E-state index in [1.54, 1.807) is 18.7 Å². The number of hydrogen-bond acceptors (Lipinski definition) is 8. The SMILES string of the molecule is CCOC(=O)c1c(NC(=O)CSC2=NC(=O)C3C(=N2)SC2=C3CCC2)sc(C)c1C. The predicted molar refractivity (Wildman–Crippen MR) is 123 cm³/mol. The maximum absolute atomic E-state index is 12.5. The van der Waals surface area contributed by atoms with Gasteiger partial charge in [0.05, 0.1) is 23.0 Å². The lowest BCUT2D eigenvalue weighted by molar-refractivity contribution is -0.119. The Morgan fingerprint density at radius 2 is 2.07 bits per heavy atom. The lowest BCUT2D eigenvalue weighted by atomic mass is 9.98. The molecule has 0 saturated heterocycles. The smallest absolute Gasteiger partial charge is 0.341 e. The van der Waals surface area contributed by atoms with Gasteiger partial charge in [0, 0.05) is 4.88 Å². The average molecular weight is 464 g/mol. The first kappa shape index (κ1) is 21.3. The molecular formula is C20H21N3O4S3. The molecule has 1 aromatic rings. The molecule has 0 bridgehead atoms. The predicted octanol–water partition coefficient (Wildman–Crippen LogP) is 4.31. The number of carbonyl (C=O) groups excluding carboxylic acids is 3. The molecule has 2 aliphatic heterocycles. The van der Waals surface area contributed by atoms with Crippen molar-refractivity contribution in [3.63, 3.8) is 0 Å². The van der Waals surface area contributed by atoms with Crippen LogP contribution in [0.2, 0.25) is 0 Å². The number of amides is 2. The number of thiophene rings is 1. The van der Waals surface area contributed by atoms with E-state index in [2.05, 4.69) is 15.3 Å². The van der Waals surface area contributed by atoms with Gasteiger partial charge in [0.15, 0.2) is 5.17 Å². The Morgan fingerprint density at radius 3 is 2.83 bits per heavy atom. The third-order valence-electron chi connectivity index (χ3n) is 5.14. The van der Waals surface area contributed by atoms with Gasteiger partial charge in [-0.25, -0.2) is 9.79 Å². The molecule has 0 saturated carbocycles. The van der Waals surface area contributed by atoms with E-state index in [1.165, 1.54) is 21.8 Å². The van der Waals surface area contributed by atoms with Crippen LogP contribution in [0.4, 0.5) is 5.00 Å². The quantitative estimate of drug-likeness (QED) is 0.654. The molecule has 3 heterocycles. The molecule has 2 amide bonds. The number of amidine groups is 1. The van der Waals surface area contributed by atoms with Crippen molar-refractivity contribution in [3.8, 4) is 0 Å². The number of ether oxygens (including phenoxy) is 1. The highest BCUT2D eigenvalue weighted by molar-refractivity contribution is 8.18. The Balaban J connectivity index is 1.40. The van der Waals surface area contributed by atoms with Gasteiger partial charge < -0.3 is 10.1 Å². The van der Waals surface area contributed by atoms with Gasteiger partial charge in [0.2, 0.25) is 5.91 Å². The fourth-order valence-corrected chi connectivity index (χ4v) is 6.75. The first-order valence-electron chi connectivity index (χ1n) is 9.69. The van der Waals surface area contributed by atoms with Gasteiger partial charge in [-0.15, -0.1) is 11.3 Å². The summed E-state index contributed by atoms with van der Waals surface area (Å²) in [6.07, 6.45) is 3.05. The van der Waals surface area contributed by atoms with E-state index in [-0.39, 0.29) is 30.1 Å². The minimum Gasteiger partial charge on any atom is -0.462 e. The summed E-state index contributed by atoms with van der Waals surface area (Å²) in [6.45, 7) is 5.74. The van der Waals surface area contributed by atoms with E-state index in [0.717, 1.165) is 46.5 Å². The molecule has 1 aromatic heterocycles. The molecular weight excluding hydrogens is 442 g/mol. The second-order valence-electron chi connectivity index (χ2n) is 7.06. The number of fused-ring (bicyclic) bond motifs is 2. The van der Waals surface area contributed by atoms with Crippen LogP contribution >= 0.6 is 34.9 Å². The number of hydrogen-bond donors (Lipinski definition) is 1. The summed E-state index contributed by atoms with van der Waals surface area (Å²) in [4.78, 5) is 48.1. The number of rotatable bonds is 5. The van der Waals surface area contributed by atoms with Crippen molar-refractivity contribution in [1.29, 1.82) is 0 Å². The minimum absolute atomic E-state index is 0.0453. The number of thioether (sulfide) groups is 2. The normalized spacial score (nSPS) is 20.0. The van der Waals surface area contributed by atoms with Gasteiger partial charge in [-0.3, -0.25) is 9.59 Å². The van der Waals surface area contributed by atoms with Gasteiger partial charge in [0.1, 0.15) is 10.9 Å². The number of anilines is 1. The molecule has 10 heteroatoms. The maximum atomic E-state index is 12.5. The van der Waals surface area contributed by atoms with Crippen molar-refractivity contribution in [1.82, 2.24) is 0 Å². The van der Waals surface area contributed by atoms with Crippen LogP contribution in [0.1, 0.15) is 47.0 Å². The highest BCUT2D eigenvalue weighted by Gasteiger charge is 2.41. The molecule has 1 unspecified atom stereocenters. The van der Waals surface area contributed by atoms with Crippen LogP contribution in [0.15, 0.2) is 20.5 Å². The standard InChI is InChI=1S/C20H21N3O4S3/c1-4-27-19(26)14-9(2)10(3)29-17(14)21-13(24)8-28-20-22-16(25)15-11-6-5-7-12(11)30-18(15)23-20/h15H,4-8H2,1-3H3,(H,21,24). The molecule has 0 spiro atoms. The Morgan fingerprint density at radius 1 is 1.27 bits per heavy atom. The third-order valence-corrected chi connectivity index (χ3v) is 8.36. The van der Waals surface area contributed by atoms with Crippen LogP contribution in [-0.4, -0.2) is 40.4 Å². The lowest BCUT2D eigenvalue weighted by Crippen LogP contribution is -2.25. The van der Waals surface area contributed by atoms with Crippen molar-refractivity contribution >= 4 is 67.9 Å². The molecule has 0 aromatic carbocycles.